The number of aromatic nitrogens is 2. The summed E-state index contributed by atoms with van der Waals surface area (Å²) >= 11 is 1.73. The van der Waals surface area contributed by atoms with Crippen LogP contribution in [0.15, 0.2) is 15.8 Å². The van der Waals surface area contributed by atoms with E-state index in [4.69, 9.17) is 9.84 Å². The summed E-state index contributed by atoms with van der Waals surface area (Å²) in [5.41, 5.74) is -1.29. The minimum absolute atomic E-state index is 0.241. The molecule has 4 N–H and O–H groups in total. The fraction of sp³-hybridized carbons (Fsp3) is 0.556. The Labute approximate surface area is 114 Å². The summed E-state index contributed by atoms with van der Waals surface area (Å²) in [7, 11) is 0. The molecule has 1 aromatic heterocycles. The predicted molar refractivity (Wildman–Crippen MR) is 67.0 cm³/mol. The molecule has 1 aliphatic heterocycles. The van der Waals surface area contributed by atoms with Crippen LogP contribution in [0.2, 0.25) is 0 Å². The van der Waals surface area contributed by atoms with Gasteiger partial charge in [0.25, 0.3) is 5.56 Å². The first-order chi connectivity index (χ1) is 8.45. The number of ether oxygens (including phenoxy) is 1. The van der Waals surface area contributed by atoms with Crippen molar-refractivity contribution >= 4 is 22.6 Å². The first kappa shape index (κ1) is 13.7. The average Bonchev–Trinajstić information content (AvgIpc) is 2.61. The smallest absolute Gasteiger partial charge is 0.330 e. The van der Waals surface area contributed by atoms with E-state index in [-0.39, 0.29) is 3.57 Å². The zero-order valence-corrected chi connectivity index (χ0v) is 11.1. The van der Waals surface area contributed by atoms with Gasteiger partial charge in [-0.2, -0.15) is 0 Å². The molecule has 9 heteroatoms. The highest BCUT2D eigenvalue weighted by Crippen LogP contribution is 2.27. The summed E-state index contributed by atoms with van der Waals surface area (Å²) in [6.45, 7) is -0.482. The lowest BCUT2D eigenvalue weighted by Crippen LogP contribution is -2.38. The molecule has 0 saturated carbocycles. The Balaban J connectivity index is 2.42. The monoisotopic (exact) mass is 370 g/mol. The number of nitrogens with one attached hydrogen (secondary N) is 1. The van der Waals surface area contributed by atoms with Crippen molar-refractivity contribution in [3.05, 3.63) is 30.6 Å². The average molecular weight is 370 g/mol. The molecule has 1 fully saturated rings. The minimum Gasteiger partial charge on any atom is -0.394 e. The van der Waals surface area contributed by atoms with Gasteiger partial charge in [0.05, 0.1) is 10.2 Å². The third-order valence-corrected chi connectivity index (χ3v) is 3.48. The van der Waals surface area contributed by atoms with E-state index in [0.29, 0.717) is 0 Å². The van der Waals surface area contributed by atoms with E-state index >= 15 is 0 Å². The quantitative estimate of drug-likeness (QED) is 0.436. The van der Waals surface area contributed by atoms with Gasteiger partial charge in [0, 0.05) is 6.20 Å². The molecule has 0 spiro atoms. The van der Waals surface area contributed by atoms with Gasteiger partial charge in [-0.3, -0.25) is 14.3 Å². The normalized spacial score (nSPS) is 31.8. The van der Waals surface area contributed by atoms with Gasteiger partial charge in [-0.25, -0.2) is 4.79 Å². The Kier molecular flexibility index (Phi) is 3.87. The minimum atomic E-state index is -1.36. The predicted octanol–water partition coefficient (Wildman–Crippen LogP) is -2.25. The highest BCUT2D eigenvalue weighted by atomic mass is 127. The van der Waals surface area contributed by atoms with Gasteiger partial charge in [0.15, 0.2) is 6.23 Å². The van der Waals surface area contributed by atoms with Gasteiger partial charge in [-0.05, 0) is 22.6 Å². The molecule has 0 radical (unpaired) electrons. The van der Waals surface area contributed by atoms with Crippen LogP contribution in [0.1, 0.15) is 6.23 Å². The SMILES string of the molecule is O=c1[nH]c(=O)n([C@@H]2O[C@H](CO)[C@@H](O)[C@@H]2O)cc1I. The first-order valence-corrected chi connectivity index (χ1v) is 6.17. The number of aliphatic hydroxyl groups is 3. The molecule has 2 heterocycles. The highest BCUT2D eigenvalue weighted by Gasteiger charge is 2.43. The van der Waals surface area contributed by atoms with E-state index < -0.39 is 42.4 Å². The van der Waals surface area contributed by atoms with Crippen molar-refractivity contribution in [3.63, 3.8) is 0 Å². The van der Waals surface area contributed by atoms with E-state index in [1.54, 1.807) is 22.6 Å². The Bertz CT molecular complexity index is 555. The highest BCUT2D eigenvalue weighted by molar-refractivity contribution is 14.1. The first-order valence-electron chi connectivity index (χ1n) is 5.09. The second-order valence-electron chi connectivity index (χ2n) is 3.87. The lowest BCUT2D eigenvalue weighted by Gasteiger charge is -2.17. The molecular formula is C9H11IN2O6. The molecular weight excluding hydrogens is 359 g/mol. The lowest BCUT2D eigenvalue weighted by molar-refractivity contribution is -0.0551. The molecule has 0 aromatic carbocycles. The number of aliphatic hydroxyl groups excluding tert-OH is 3. The molecule has 100 valence electrons. The molecule has 0 aliphatic carbocycles. The number of hydrogen-bond donors (Lipinski definition) is 4. The maximum absolute atomic E-state index is 11.6. The van der Waals surface area contributed by atoms with Crippen LogP contribution in [-0.4, -0.2) is 49.8 Å². The van der Waals surface area contributed by atoms with Crippen LogP contribution in [0, 0.1) is 3.57 Å². The Morgan fingerprint density at radius 1 is 1.39 bits per heavy atom. The molecule has 2 rings (SSSR count). The third-order valence-electron chi connectivity index (χ3n) is 2.72. The van der Waals surface area contributed by atoms with Crippen LogP contribution in [0.5, 0.6) is 0 Å². The second-order valence-corrected chi connectivity index (χ2v) is 5.03. The van der Waals surface area contributed by atoms with Crippen molar-refractivity contribution in [2.75, 3.05) is 6.61 Å². The molecule has 4 atom stereocenters. The summed E-state index contributed by atoms with van der Waals surface area (Å²) in [5.74, 6) is 0. The van der Waals surface area contributed by atoms with Crippen LogP contribution in [0.3, 0.4) is 0 Å². The van der Waals surface area contributed by atoms with Crippen LogP contribution in [-0.2, 0) is 4.74 Å². The summed E-state index contributed by atoms with van der Waals surface area (Å²) in [6.07, 6.45) is -3.54. The summed E-state index contributed by atoms with van der Waals surface area (Å²) in [4.78, 5) is 24.9. The van der Waals surface area contributed by atoms with Crippen molar-refractivity contribution in [2.24, 2.45) is 0 Å². The Hall–Kier alpha value is -0.750. The number of rotatable bonds is 2. The zero-order chi connectivity index (χ0) is 13.4. The Morgan fingerprint density at radius 2 is 2.06 bits per heavy atom. The Morgan fingerprint density at radius 3 is 2.61 bits per heavy atom. The summed E-state index contributed by atoms with van der Waals surface area (Å²) in [6, 6.07) is 0. The van der Waals surface area contributed by atoms with E-state index in [2.05, 4.69) is 4.98 Å². The fourth-order valence-corrected chi connectivity index (χ4v) is 2.19. The topological polar surface area (TPSA) is 125 Å². The van der Waals surface area contributed by atoms with Crippen LogP contribution >= 0.6 is 22.6 Å². The standard InChI is InChI=1S/C9H11IN2O6/c10-3-1-12(9(17)11-7(3)16)8-6(15)5(14)4(2-13)18-8/h1,4-6,8,13-15H,2H2,(H,11,16,17)/t4-,5-,6+,8-/m1/s1. The van der Waals surface area contributed by atoms with Gasteiger partial charge in [-0.15, -0.1) is 0 Å². The molecule has 0 unspecified atom stereocenters. The van der Waals surface area contributed by atoms with Crippen molar-refractivity contribution in [1.29, 1.82) is 0 Å². The van der Waals surface area contributed by atoms with Crippen LogP contribution in [0.4, 0.5) is 0 Å². The summed E-state index contributed by atoms with van der Waals surface area (Å²) < 4.78 is 6.40. The number of halogens is 1. The van der Waals surface area contributed by atoms with Gasteiger partial charge in [0.2, 0.25) is 0 Å². The maximum Gasteiger partial charge on any atom is 0.330 e. The molecule has 18 heavy (non-hydrogen) atoms. The van der Waals surface area contributed by atoms with Crippen molar-refractivity contribution < 1.29 is 20.1 Å². The molecule has 0 amide bonds. The number of hydrogen-bond acceptors (Lipinski definition) is 6. The van der Waals surface area contributed by atoms with Crippen LogP contribution < -0.4 is 11.2 Å². The second kappa shape index (κ2) is 5.09. The molecule has 1 aliphatic rings. The molecule has 8 nitrogen and oxygen atoms in total. The van der Waals surface area contributed by atoms with Crippen molar-refractivity contribution in [2.45, 2.75) is 24.5 Å². The van der Waals surface area contributed by atoms with E-state index in [9.17, 15) is 19.8 Å². The van der Waals surface area contributed by atoms with Gasteiger partial charge >= 0.3 is 5.69 Å². The van der Waals surface area contributed by atoms with Gasteiger partial charge < -0.3 is 20.1 Å². The number of nitrogens with zero attached hydrogens (tertiary/aromatic N) is 1. The summed E-state index contributed by atoms with van der Waals surface area (Å²) in [5, 5.41) is 28.3. The van der Waals surface area contributed by atoms with E-state index in [1.165, 1.54) is 6.20 Å². The van der Waals surface area contributed by atoms with Crippen molar-refractivity contribution in [3.8, 4) is 0 Å². The number of H-pyrrole nitrogens is 1. The lowest BCUT2D eigenvalue weighted by atomic mass is 10.1. The fourth-order valence-electron chi connectivity index (χ4n) is 1.76. The molecule has 1 aromatic rings. The molecule has 0 bridgehead atoms. The van der Waals surface area contributed by atoms with Gasteiger partial charge in [0.1, 0.15) is 18.3 Å². The largest absolute Gasteiger partial charge is 0.394 e. The molecule has 1 saturated heterocycles. The number of aromatic amines is 1. The van der Waals surface area contributed by atoms with Crippen LogP contribution in [0.25, 0.3) is 0 Å². The third kappa shape index (κ3) is 2.23. The van der Waals surface area contributed by atoms with E-state index in [1.807, 2.05) is 0 Å². The van der Waals surface area contributed by atoms with E-state index in [0.717, 1.165) is 4.57 Å². The van der Waals surface area contributed by atoms with Crippen molar-refractivity contribution in [1.82, 2.24) is 9.55 Å². The zero-order valence-electron chi connectivity index (χ0n) is 8.99. The maximum atomic E-state index is 11.6. The van der Waals surface area contributed by atoms with Gasteiger partial charge in [-0.1, -0.05) is 0 Å².